The molecule has 0 spiro atoms. The van der Waals surface area contributed by atoms with Crippen LogP contribution in [0.1, 0.15) is 12.8 Å². The molecule has 3 nitrogen and oxygen atoms in total. The Bertz CT molecular complexity index is 106. The molecule has 10 heavy (non-hydrogen) atoms. The van der Waals surface area contributed by atoms with Gasteiger partial charge in [-0.15, -0.1) is 12.4 Å². The Morgan fingerprint density at radius 2 is 2.00 bits per heavy atom. The summed E-state index contributed by atoms with van der Waals surface area (Å²) < 4.78 is 0. The van der Waals surface area contributed by atoms with Gasteiger partial charge in [-0.25, -0.2) is 0 Å². The normalized spacial score (nSPS) is 17.5. The van der Waals surface area contributed by atoms with Gasteiger partial charge in [-0.2, -0.15) is 5.10 Å². The van der Waals surface area contributed by atoms with Crippen LogP contribution in [-0.4, -0.2) is 25.8 Å². The third-order valence-corrected chi connectivity index (χ3v) is 1.45. The first kappa shape index (κ1) is 9.72. The van der Waals surface area contributed by atoms with E-state index in [1.807, 2.05) is 7.05 Å². The number of nitrogens with zero attached hydrogens (tertiary/aromatic N) is 1. The molecule has 1 aliphatic rings. The summed E-state index contributed by atoms with van der Waals surface area (Å²) >= 11 is 0. The number of hydrogen-bond donors (Lipinski definition) is 2. The molecule has 0 radical (unpaired) electrons. The first-order valence-corrected chi connectivity index (χ1v) is 3.36. The van der Waals surface area contributed by atoms with E-state index >= 15 is 0 Å². The van der Waals surface area contributed by atoms with Gasteiger partial charge in [0.1, 0.15) is 0 Å². The molecule has 0 bridgehead atoms. The van der Waals surface area contributed by atoms with Crippen molar-refractivity contribution in [1.82, 2.24) is 10.7 Å². The van der Waals surface area contributed by atoms with E-state index in [2.05, 4.69) is 15.8 Å². The molecule has 1 saturated heterocycles. The number of rotatable bonds is 1. The Morgan fingerprint density at radius 1 is 1.40 bits per heavy atom. The minimum atomic E-state index is 0. The maximum Gasteiger partial charge on any atom is 0.0403 e. The standard InChI is InChI=1S/C6H13N3.ClH/c1-7-9-6-2-4-8-5-3-6;/h7-8H,2-5H2,1H3;1H. The van der Waals surface area contributed by atoms with Crippen molar-refractivity contribution in [2.45, 2.75) is 12.8 Å². The van der Waals surface area contributed by atoms with Crippen molar-refractivity contribution in [3.63, 3.8) is 0 Å². The fourth-order valence-electron chi connectivity index (χ4n) is 0.985. The van der Waals surface area contributed by atoms with Crippen LogP contribution < -0.4 is 10.7 Å². The second-order valence-corrected chi connectivity index (χ2v) is 2.15. The molecule has 1 heterocycles. The Balaban J connectivity index is 0.000000810. The van der Waals surface area contributed by atoms with Gasteiger partial charge in [-0.1, -0.05) is 0 Å². The van der Waals surface area contributed by atoms with Crippen LogP contribution in [0.15, 0.2) is 5.10 Å². The highest BCUT2D eigenvalue weighted by molar-refractivity contribution is 5.85. The van der Waals surface area contributed by atoms with Crippen LogP contribution >= 0.6 is 12.4 Å². The van der Waals surface area contributed by atoms with Crippen LogP contribution in [0.2, 0.25) is 0 Å². The fourth-order valence-corrected chi connectivity index (χ4v) is 0.985. The van der Waals surface area contributed by atoms with Crippen molar-refractivity contribution in [2.75, 3.05) is 20.1 Å². The molecule has 0 amide bonds. The summed E-state index contributed by atoms with van der Waals surface area (Å²) in [5.41, 5.74) is 4.09. The van der Waals surface area contributed by atoms with E-state index in [9.17, 15) is 0 Å². The monoisotopic (exact) mass is 163 g/mol. The lowest BCUT2D eigenvalue weighted by Crippen LogP contribution is -2.28. The lowest BCUT2D eigenvalue weighted by atomic mass is 10.1. The molecular weight excluding hydrogens is 150 g/mol. The Labute approximate surface area is 67.7 Å². The van der Waals surface area contributed by atoms with Crippen LogP contribution in [0.25, 0.3) is 0 Å². The van der Waals surface area contributed by atoms with Gasteiger partial charge in [0.2, 0.25) is 0 Å². The number of halogens is 1. The smallest absolute Gasteiger partial charge is 0.0403 e. The van der Waals surface area contributed by atoms with E-state index in [1.165, 1.54) is 5.71 Å². The highest BCUT2D eigenvalue weighted by atomic mass is 35.5. The van der Waals surface area contributed by atoms with Crippen molar-refractivity contribution >= 4 is 18.1 Å². The largest absolute Gasteiger partial charge is 0.316 e. The second kappa shape index (κ2) is 5.50. The number of hydrazone groups is 1. The quantitative estimate of drug-likeness (QED) is 0.548. The minimum absolute atomic E-state index is 0. The summed E-state index contributed by atoms with van der Waals surface area (Å²) in [4.78, 5) is 0. The van der Waals surface area contributed by atoms with Gasteiger partial charge in [-0.3, -0.25) is 0 Å². The number of nitrogens with one attached hydrogen (secondary N) is 2. The van der Waals surface area contributed by atoms with Gasteiger partial charge in [0.25, 0.3) is 0 Å². The van der Waals surface area contributed by atoms with Gasteiger partial charge in [0.15, 0.2) is 0 Å². The molecule has 0 aliphatic carbocycles. The summed E-state index contributed by atoms with van der Waals surface area (Å²) in [7, 11) is 1.84. The second-order valence-electron chi connectivity index (χ2n) is 2.15. The minimum Gasteiger partial charge on any atom is -0.316 e. The summed E-state index contributed by atoms with van der Waals surface area (Å²) in [6, 6.07) is 0. The van der Waals surface area contributed by atoms with Gasteiger partial charge >= 0.3 is 0 Å². The van der Waals surface area contributed by atoms with Gasteiger partial charge < -0.3 is 10.7 Å². The van der Waals surface area contributed by atoms with Crippen LogP contribution in [0.3, 0.4) is 0 Å². The van der Waals surface area contributed by atoms with Gasteiger partial charge in [0.05, 0.1) is 0 Å². The zero-order valence-electron chi connectivity index (χ0n) is 6.18. The highest BCUT2D eigenvalue weighted by Crippen LogP contribution is 1.95. The third kappa shape index (κ3) is 3.03. The third-order valence-electron chi connectivity index (χ3n) is 1.45. The average Bonchev–Trinajstić information content (AvgIpc) is 1.91. The van der Waals surface area contributed by atoms with Crippen LogP contribution in [0, 0.1) is 0 Å². The fraction of sp³-hybridized carbons (Fsp3) is 0.833. The van der Waals surface area contributed by atoms with Crippen molar-refractivity contribution in [3.05, 3.63) is 0 Å². The molecule has 0 atom stereocenters. The summed E-state index contributed by atoms with van der Waals surface area (Å²) in [6.07, 6.45) is 2.20. The molecule has 2 N–H and O–H groups in total. The predicted octanol–water partition coefficient (Wildman–Crippen LogP) is 0.367. The van der Waals surface area contributed by atoms with Gasteiger partial charge in [-0.05, 0) is 0 Å². The summed E-state index contributed by atoms with van der Waals surface area (Å²) in [5.74, 6) is 0. The number of hydrogen-bond acceptors (Lipinski definition) is 3. The first-order chi connectivity index (χ1) is 4.43. The predicted molar refractivity (Wildman–Crippen MR) is 45.8 cm³/mol. The molecule has 0 unspecified atom stereocenters. The summed E-state index contributed by atoms with van der Waals surface area (Å²) in [5, 5.41) is 7.37. The molecule has 0 aromatic heterocycles. The van der Waals surface area contributed by atoms with E-state index in [0.29, 0.717) is 0 Å². The molecule has 0 aromatic carbocycles. The van der Waals surface area contributed by atoms with Crippen LogP contribution in [0.5, 0.6) is 0 Å². The lowest BCUT2D eigenvalue weighted by molar-refractivity contribution is 0.663. The average molecular weight is 164 g/mol. The molecular formula is C6H14ClN3. The molecule has 1 rings (SSSR count). The molecule has 1 fully saturated rings. The molecule has 4 heteroatoms. The Kier molecular flexibility index (Phi) is 5.35. The number of piperidine rings is 1. The molecule has 1 aliphatic heterocycles. The zero-order chi connectivity index (χ0) is 6.53. The Hall–Kier alpha value is -0.280. The molecule has 0 saturated carbocycles. The van der Waals surface area contributed by atoms with E-state index < -0.39 is 0 Å². The van der Waals surface area contributed by atoms with E-state index in [0.717, 1.165) is 25.9 Å². The van der Waals surface area contributed by atoms with Crippen molar-refractivity contribution in [1.29, 1.82) is 0 Å². The van der Waals surface area contributed by atoms with Crippen LogP contribution in [-0.2, 0) is 0 Å². The Morgan fingerprint density at radius 3 is 2.50 bits per heavy atom. The topological polar surface area (TPSA) is 36.4 Å². The van der Waals surface area contributed by atoms with Crippen LogP contribution in [0.4, 0.5) is 0 Å². The van der Waals surface area contributed by atoms with E-state index in [4.69, 9.17) is 0 Å². The summed E-state index contributed by atoms with van der Waals surface area (Å²) in [6.45, 7) is 2.17. The van der Waals surface area contributed by atoms with E-state index in [-0.39, 0.29) is 12.4 Å². The zero-order valence-corrected chi connectivity index (χ0v) is 7.00. The lowest BCUT2D eigenvalue weighted by Gasteiger charge is -2.12. The molecule has 0 aromatic rings. The van der Waals surface area contributed by atoms with Crippen molar-refractivity contribution in [3.8, 4) is 0 Å². The van der Waals surface area contributed by atoms with Crippen molar-refractivity contribution < 1.29 is 0 Å². The molecule has 60 valence electrons. The first-order valence-electron chi connectivity index (χ1n) is 3.36. The highest BCUT2D eigenvalue weighted by Gasteiger charge is 2.03. The van der Waals surface area contributed by atoms with Gasteiger partial charge in [0, 0.05) is 38.7 Å². The maximum absolute atomic E-state index is 4.11. The SMILES string of the molecule is CNN=C1CCNCC1.Cl. The van der Waals surface area contributed by atoms with Crippen molar-refractivity contribution in [2.24, 2.45) is 5.10 Å². The maximum atomic E-state index is 4.11. The van der Waals surface area contributed by atoms with E-state index in [1.54, 1.807) is 0 Å².